The van der Waals surface area contributed by atoms with E-state index in [-0.39, 0.29) is 0 Å². The Kier molecular flexibility index (Phi) is 4.64. The molecule has 0 amide bonds. The van der Waals surface area contributed by atoms with Crippen molar-refractivity contribution in [1.29, 1.82) is 0 Å². The molecule has 30 heavy (non-hydrogen) atoms. The number of aromatic nitrogens is 1. The van der Waals surface area contributed by atoms with E-state index in [0.717, 1.165) is 44.4 Å². The van der Waals surface area contributed by atoms with Crippen LogP contribution in [0, 0.1) is 0 Å². The lowest BCUT2D eigenvalue weighted by molar-refractivity contribution is 0.0819. The summed E-state index contributed by atoms with van der Waals surface area (Å²) < 4.78 is 30.1. The molecular formula is C25H18F2N2O. The molecule has 0 atom stereocenters. The number of nitrogens with zero attached hydrogens (tertiary/aromatic N) is 1. The monoisotopic (exact) mass is 400 g/mol. The van der Waals surface area contributed by atoms with Gasteiger partial charge >= 0.3 is 0 Å². The molecule has 0 radical (unpaired) electrons. The molecule has 0 saturated carbocycles. The van der Waals surface area contributed by atoms with Crippen molar-refractivity contribution >= 4 is 34.0 Å². The predicted molar refractivity (Wildman–Crippen MR) is 117 cm³/mol. The number of ether oxygens (including phenoxy) is 1. The highest BCUT2D eigenvalue weighted by Gasteiger charge is 2.21. The first-order valence-corrected chi connectivity index (χ1v) is 9.66. The predicted octanol–water partition coefficient (Wildman–Crippen LogP) is 6.49. The van der Waals surface area contributed by atoms with Gasteiger partial charge in [-0.05, 0) is 29.8 Å². The number of hydrogen-bond acceptors (Lipinski definition) is 2. The van der Waals surface area contributed by atoms with Gasteiger partial charge in [0.25, 0.3) is 6.43 Å². The standard InChI is InChI=1S/C25H18F2N2O/c26-24(27)15-30-17-11-9-16(10-12-17)25(20-13-28-22-7-3-1-5-18(20)22)21-14-29-23-8-4-2-6-19(21)23/h1-14,24,28H,15H2/b25-21+. The molecule has 1 aliphatic rings. The number of H-pyrrole nitrogens is 1. The molecule has 0 fully saturated rings. The second-order valence-corrected chi connectivity index (χ2v) is 7.04. The second kappa shape index (κ2) is 7.59. The zero-order valence-corrected chi connectivity index (χ0v) is 16.0. The van der Waals surface area contributed by atoms with Crippen LogP contribution in [0.1, 0.15) is 16.7 Å². The van der Waals surface area contributed by atoms with Crippen LogP contribution in [-0.4, -0.2) is 24.2 Å². The first kappa shape index (κ1) is 18.3. The molecule has 1 N–H and O–H groups in total. The Balaban J connectivity index is 1.67. The van der Waals surface area contributed by atoms with Crippen molar-refractivity contribution in [1.82, 2.24) is 4.98 Å². The summed E-state index contributed by atoms with van der Waals surface area (Å²) in [5.41, 5.74) is 7.12. The van der Waals surface area contributed by atoms with Gasteiger partial charge in [0.15, 0.2) is 0 Å². The third kappa shape index (κ3) is 3.28. The number of aliphatic imine (C=N–C) groups is 1. The van der Waals surface area contributed by atoms with Gasteiger partial charge in [0.2, 0.25) is 0 Å². The summed E-state index contributed by atoms with van der Waals surface area (Å²) in [6.07, 6.45) is 1.39. The first-order valence-electron chi connectivity index (χ1n) is 9.66. The van der Waals surface area contributed by atoms with Gasteiger partial charge in [-0.25, -0.2) is 8.78 Å². The van der Waals surface area contributed by atoms with Crippen molar-refractivity contribution in [2.24, 2.45) is 4.99 Å². The molecule has 1 aliphatic heterocycles. The quantitative estimate of drug-likeness (QED) is 0.409. The van der Waals surface area contributed by atoms with Crippen LogP contribution in [-0.2, 0) is 0 Å². The average Bonchev–Trinajstić information content (AvgIpc) is 3.39. The number of alkyl halides is 2. The minimum atomic E-state index is -2.50. The lowest BCUT2D eigenvalue weighted by atomic mass is 9.90. The summed E-state index contributed by atoms with van der Waals surface area (Å²) in [6, 6.07) is 23.4. The highest BCUT2D eigenvalue weighted by atomic mass is 19.3. The Morgan fingerprint density at radius 3 is 2.53 bits per heavy atom. The zero-order valence-electron chi connectivity index (χ0n) is 16.0. The molecular weight excluding hydrogens is 382 g/mol. The van der Waals surface area contributed by atoms with E-state index in [1.807, 2.05) is 60.9 Å². The Morgan fingerprint density at radius 1 is 0.933 bits per heavy atom. The Bertz CT molecular complexity index is 1270. The van der Waals surface area contributed by atoms with Gasteiger partial charge in [0.05, 0.1) is 5.69 Å². The number of para-hydroxylation sites is 2. The van der Waals surface area contributed by atoms with Crippen LogP contribution in [0.15, 0.2) is 84.0 Å². The number of rotatable bonds is 5. The van der Waals surface area contributed by atoms with E-state index in [1.165, 1.54) is 0 Å². The van der Waals surface area contributed by atoms with Crippen molar-refractivity contribution in [3.8, 4) is 5.75 Å². The fourth-order valence-electron chi connectivity index (χ4n) is 3.83. The fourth-order valence-corrected chi connectivity index (χ4v) is 3.83. The van der Waals surface area contributed by atoms with Gasteiger partial charge in [-0.15, -0.1) is 0 Å². The molecule has 5 heteroatoms. The first-order chi connectivity index (χ1) is 14.7. The second-order valence-electron chi connectivity index (χ2n) is 7.04. The molecule has 5 rings (SSSR count). The molecule has 0 saturated heterocycles. The van der Waals surface area contributed by atoms with Gasteiger partial charge < -0.3 is 9.72 Å². The Hall–Kier alpha value is -3.73. The molecule has 3 aromatic carbocycles. The van der Waals surface area contributed by atoms with Crippen LogP contribution in [0.3, 0.4) is 0 Å². The number of allylic oxidation sites excluding steroid dienone is 1. The van der Waals surface area contributed by atoms with E-state index in [0.29, 0.717) is 5.75 Å². The smallest absolute Gasteiger partial charge is 0.272 e. The van der Waals surface area contributed by atoms with Crippen molar-refractivity contribution in [3.05, 3.63) is 95.7 Å². The maximum Gasteiger partial charge on any atom is 0.272 e. The van der Waals surface area contributed by atoms with Crippen molar-refractivity contribution in [2.45, 2.75) is 6.43 Å². The zero-order chi connectivity index (χ0) is 20.5. The highest BCUT2D eigenvalue weighted by Crippen LogP contribution is 2.41. The van der Waals surface area contributed by atoms with E-state index < -0.39 is 13.0 Å². The molecule has 0 unspecified atom stereocenters. The van der Waals surface area contributed by atoms with Crippen LogP contribution >= 0.6 is 0 Å². The minimum absolute atomic E-state index is 0.419. The number of nitrogens with one attached hydrogen (secondary N) is 1. The summed E-state index contributed by atoms with van der Waals surface area (Å²) >= 11 is 0. The van der Waals surface area contributed by atoms with Gasteiger partial charge in [0.1, 0.15) is 12.4 Å². The summed E-state index contributed by atoms with van der Waals surface area (Å²) in [6.45, 7) is -0.615. The summed E-state index contributed by atoms with van der Waals surface area (Å²) in [5.74, 6) is 0.419. The Morgan fingerprint density at radius 2 is 1.70 bits per heavy atom. The van der Waals surface area contributed by atoms with Crippen LogP contribution in [0.2, 0.25) is 0 Å². The summed E-state index contributed by atoms with van der Waals surface area (Å²) in [5, 5.41) is 1.11. The topological polar surface area (TPSA) is 37.4 Å². The van der Waals surface area contributed by atoms with Crippen LogP contribution in [0.4, 0.5) is 14.5 Å². The minimum Gasteiger partial charge on any atom is -0.488 e. The van der Waals surface area contributed by atoms with Crippen LogP contribution < -0.4 is 4.74 Å². The van der Waals surface area contributed by atoms with Crippen LogP contribution in [0.25, 0.3) is 22.0 Å². The van der Waals surface area contributed by atoms with Gasteiger partial charge in [-0.2, -0.15) is 0 Å². The number of fused-ring (bicyclic) bond motifs is 2. The summed E-state index contributed by atoms with van der Waals surface area (Å²) in [4.78, 5) is 7.93. The van der Waals surface area contributed by atoms with Crippen molar-refractivity contribution in [3.63, 3.8) is 0 Å². The number of aromatic amines is 1. The van der Waals surface area contributed by atoms with Gasteiger partial charge in [-0.1, -0.05) is 48.5 Å². The normalized spacial score (nSPS) is 14.4. The van der Waals surface area contributed by atoms with Crippen molar-refractivity contribution < 1.29 is 13.5 Å². The van der Waals surface area contributed by atoms with Crippen molar-refractivity contribution in [2.75, 3.05) is 6.61 Å². The highest BCUT2D eigenvalue weighted by molar-refractivity contribution is 6.27. The van der Waals surface area contributed by atoms with Gasteiger partial charge in [-0.3, -0.25) is 4.99 Å². The maximum absolute atomic E-state index is 12.5. The SMILES string of the molecule is FC(F)COc1ccc(/C(=C2/C=Nc3ccccc32)c2c[nH]c3ccccc23)cc1. The third-order valence-electron chi connectivity index (χ3n) is 5.17. The average molecular weight is 400 g/mol. The fraction of sp³-hybridized carbons (Fsp3) is 0.0800. The number of hydrogen-bond donors (Lipinski definition) is 1. The van der Waals surface area contributed by atoms with Crippen LogP contribution in [0.5, 0.6) is 5.75 Å². The molecule has 3 nitrogen and oxygen atoms in total. The van der Waals surface area contributed by atoms with E-state index in [1.54, 1.807) is 12.1 Å². The van der Waals surface area contributed by atoms with E-state index in [4.69, 9.17) is 4.74 Å². The molecule has 4 aromatic rings. The largest absolute Gasteiger partial charge is 0.488 e. The third-order valence-corrected chi connectivity index (χ3v) is 5.17. The lowest BCUT2D eigenvalue weighted by Gasteiger charge is -2.13. The number of benzene rings is 3. The van der Waals surface area contributed by atoms with E-state index in [2.05, 4.69) is 22.1 Å². The van der Waals surface area contributed by atoms with E-state index >= 15 is 0 Å². The lowest BCUT2D eigenvalue weighted by Crippen LogP contribution is -2.06. The molecule has 0 aliphatic carbocycles. The van der Waals surface area contributed by atoms with E-state index in [9.17, 15) is 8.78 Å². The Labute approximate surface area is 172 Å². The summed E-state index contributed by atoms with van der Waals surface area (Å²) in [7, 11) is 0. The van der Waals surface area contributed by atoms with Gasteiger partial charge in [0, 0.05) is 45.6 Å². The molecule has 0 spiro atoms. The molecule has 1 aromatic heterocycles. The molecule has 2 heterocycles. The maximum atomic E-state index is 12.5. The number of halogens is 2. The molecule has 0 bridgehead atoms. The molecule has 148 valence electrons.